The Morgan fingerprint density at radius 1 is 1.15 bits per heavy atom. The molecule has 1 aromatic carbocycles. The van der Waals surface area contributed by atoms with Crippen LogP contribution < -0.4 is 5.32 Å². The molecule has 1 atom stereocenters. The van der Waals surface area contributed by atoms with Crippen molar-refractivity contribution in [2.45, 2.75) is 32.2 Å². The molecule has 2 fully saturated rings. The van der Waals surface area contributed by atoms with Crippen molar-refractivity contribution >= 4 is 31.9 Å². The Bertz CT molecular complexity index is 464. The molecule has 0 saturated carbocycles. The van der Waals surface area contributed by atoms with Gasteiger partial charge in [0.15, 0.2) is 0 Å². The van der Waals surface area contributed by atoms with Gasteiger partial charge >= 0.3 is 0 Å². The molecule has 0 bridgehead atoms. The van der Waals surface area contributed by atoms with E-state index in [9.17, 15) is 0 Å². The van der Waals surface area contributed by atoms with Crippen molar-refractivity contribution in [2.75, 3.05) is 26.2 Å². The summed E-state index contributed by atoms with van der Waals surface area (Å²) in [5.41, 5.74) is 1.95. The summed E-state index contributed by atoms with van der Waals surface area (Å²) in [6.07, 6.45) is 5.50. The lowest BCUT2D eigenvalue weighted by Gasteiger charge is -2.45. The lowest BCUT2D eigenvalue weighted by Crippen LogP contribution is -2.50. The average Bonchev–Trinajstić information content (AvgIpc) is 2.44. The van der Waals surface area contributed by atoms with E-state index < -0.39 is 0 Å². The second kappa shape index (κ2) is 6.47. The number of halogens is 2. The van der Waals surface area contributed by atoms with Gasteiger partial charge in [-0.25, -0.2) is 0 Å². The van der Waals surface area contributed by atoms with Gasteiger partial charge in [0.1, 0.15) is 0 Å². The van der Waals surface area contributed by atoms with E-state index in [0.29, 0.717) is 5.41 Å². The normalized spacial score (nSPS) is 27.9. The SMILES string of the molecule is Brc1ccc(CN2CCCC3(CCCNC3)C2)cc1Br. The van der Waals surface area contributed by atoms with Crippen LogP contribution in [0.3, 0.4) is 0 Å². The number of hydrogen-bond acceptors (Lipinski definition) is 2. The second-order valence-electron chi connectivity index (χ2n) is 6.34. The number of hydrogen-bond donors (Lipinski definition) is 1. The van der Waals surface area contributed by atoms with Gasteiger partial charge in [0, 0.05) is 28.6 Å². The fourth-order valence-corrected chi connectivity index (χ4v) is 4.39. The van der Waals surface area contributed by atoms with Crippen LogP contribution in [-0.4, -0.2) is 31.1 Å². The maximum atomic E-state index is 3.61. The molecule has 2 aliphatic rings. The van der Waals surface area contributed by atoms with Crippen molar-refractivity contribution in [2.24, 2.45) is 5.41 Å². The first kappa shape index (κ1) is 15.0. The van der Waals surface area contributed by atoms with E-state index >= 15 is 0 Å². The summed E-state index contributed by atoms with van der Waals surface area (Å²) in [5.74, 6) is 0. The van der Waals surface area contributed by atoms with Crippen LogP contribution in [0.25, 0.3) is 0 Å². The van der Waals surface area contributed by atoms with Crippen LogP contribution in [0.2, 0.25) is 0 Å². The zero-order valence-electron chi connectivity index (χ0n) is 11.8. The van der Waals surface area contributed by atoms with Gasteiger partial charge in [0.05, 0.1) is 0 Å². The molecule has 110 valence electrons. The summed E-state index contributed by atoms with van der Waals surface area (Å²) in [6.45, 7) is 6.01. The van der Waals surface area contributed by atoms with Gasteiger partial charge in [-0.2, -0.15) is 0 Å². The maximum absolute atomic E-state index is 3.61. The van der Waals surface area contributed by atoms with Crippen LogP contribution in [0.15, 0.2) is 27.1 Å². The monoisotopic (exact) mass is 400 g/mol. The van der Waals surface area contributed by atoms with Crippen molar-refractivity contribution in [1.82, 2.24) is 10.2 Å². The molecule has 2 saturated heterocycles. The predicted octanol–water partition coefficient (Wildman–Crippen LogP) is 4.18. The van der Waals surface area contributed by atoms with Crippen molar-refractivity contribution in [1.29, 1.82) is 0 Å². The highest BCUT2D eigenvalue weighted by Crippen LogP contribution is 2.36. The smallest absolute Gasteiger partial charge is 0.0320 e. The summed E-state index contributed by atoms with van der Waals surface area (Å²) < 4.78 is 2.29. The quantitative estimate of drug-likeness (QED) is 0.799. The molecule has 1 spiro atoms. The van der Waals surface area contributed by atoms with Gasteiger partial charge in [-0.3, -0.25) is 4.90 Å². The molecule has 0 amide bonds. The minimum atomic E-state index is 0.545. The van der Waals surface area contributed by atoms with Crippen LogP contribution in [0.5, 0.6) is 0 Å². The van der Waals surface area contributed by atoms with Crippen LogP contribution in [0, 0.1) is 5.41 Å². The molecule has 1 aromatic rings. The van der Waals surface area contributed by atoms with Gasteiger partial charge in [0.25, 0.3) is 0 Å². The van der Waals surface area contributed by atoms with Crippen LogP contribution >= 0.6 is 31.9 Å². The van der Waals surface area contributed by atoms with Gasteiger partial charge in [-0.05, 0) is 93.7 Å². The summed E-state index contributed by atoms with van der Waals surface area (Å²) >= 11 is 7.15. The summed E-state index contributed by atoms with van der Waals surface area (Å²) in [6, 6.07) is 6.61. The topological polar surface area (TPSA) is 15.3 Å². The minimum Gasteiger partial charge on any atom is -0.316 e. The van der Waals surface area contributed by atoms with E-state index in [1.54, 1.807) is 0 Å². The molecular weight excluding hydrogens is 380 g/mol. The second-order valence-corrected chi connectivity index (χ2v) is 8.05. The van der Waals surface area contributed by atoms with Gasteiger partial charge < -0.3 is 5.32 Å². The van der Waals surface area contributed by atoms with Crippen LogP contribution in [-0.2, 0) is 6.54 Å². The lowest BCUT2D eigenvalue weighted by atomic mass is 9.74. The molecule has 1 unspecified atom stereocenters. The molecule has 4 heteroatoms. The predicted molar refractivity (Wildman–Crippen MR) is 90.9 cm³/mol. The Kier molecular flexibility index (Phi) is 4.86. The van der Waals surface area contributed by atoms with E-state index in [1.165, 1.54) is 57.4 Å². The van der Waals surface area contributed by atoms with E-state index in [4.69, 9.17) is 0 Å². The standard InChI is InChI=1S/C16H22Br2N2/c17-14-4-3-13(9-15(14)18)10-20-8-2-6-16(12-20)5-1-7-19-11-16/h3-4,9,19H,1-2,5-8,10-12H2. The number of benzene rings is 1. The van der Waals surface area contributed by atoms with Gasteiger partial charge in [-0.15, -0.1) is 0 Å². The molecule has 1 N–H and O–H groups in total. The Hall–Kier alpha value is 0.1000. The Morgan fingerprint density at radius 3 is 2.75 bits per heavy atom. The van der Waals surface area contributed by atoms with Crippen molar-refractivity contribution in [3.8, 4) is 0 Å². The van der Waals surface area contributed by atoms with Crippen molar-refractivity contribution in [3.05, 3.63) is 32.7 Å². The summed E-state index contributed by atoms with van der Waals surface area (Å²) in [5, 5.41) is 3.61. The number of piperidine rings is 2. The van der Waals surface area contributed by atoms with E-state index in [-0.39, 0.29) is 0 Å². The van der Waals surface area contributed by atoms with E-state index in [0.717, 1.165) is 15.5 Å². The highest BCUT2D eigenvalue weighted by Gasteiger charge is 2.36. The molecule has 3 rings (SSSR count). The van der Waals surface area contributed by atoms with E-state index in [2.05, 4.69) is 60.3 Å². The zero-order chi connectivity index (χ0) is 14.0. The Balaban J connectivity index is 1.66. The Morgan fingerprint density at radius 2 is 2.00 bits per heavy atom. The van der Waals surface area contributed by atoms with Crippen LogP contribution in [0.1, 0.15) is 31.2 Å². The summed E-state index contributed by atoms with van der Waals surface area (Å²) in [4.78, 5) is 2.65. The molecule has 2 aliphatic heterocycles. The minimum absolute atomic E-state index is 0.545. The fraction of sp³-hybridized carbons (Fsp3) is 0.625. The van der Waals surface area contributed by atoms with E-state index in [1.807, 2.05) is 0 Å². The third-order valence-electron chi connectivity index (χ3n) is 4.69. The Labute approximate surface area is 138 Å². The molecule has 2 heterocycles. The first-order chi connectivity index (χ1) is 9.67. The first-order valence-corrected chi connectivity index (χ1v) is 9.13. The van der Waals surface area contributed by atoms with Crippen LogP contribution in [0.4, 0.5) is 0 Å². The highest BCUT2D eigenvalue weighted by molar-refractivity contribution is 9.13. The average molecular weight is 402 g/mol. The van der Waals surface area contributed by atoms with Crippen molar-refractivity contribution in [3.63, 3.8) is 0 Å². The number of nitrogens with zero attached hydrogens (tertiary/aromatic N) is 1. The molecule has 0 aliphatic carbocycles. The fourth-order valence-electron chi connectivity index (χ4n) is 3.72. The number of rotatable bonds is 2. The molecule has 20 heavy (non-hydrogen) atoms. The largest absolute Gasteiger partial charge is 0.316 e. The molecule has 2 nitrogen and oxygen atoms in total. The third kappa shape index (κ3) is 3.46. The number of likely N-dealkylation sites (tertiary alicyclic amines) is 1. The first-order valence-electron chi connectivity index (χ1n) is 7.54. The lowest BCUT2D eigenvalue weighted by molar-refractivity contribution is 0.0600. The van der Waals surface area contributed by atoms with Gasteiger partial charge in [0.2, 0.25) is 0 Å². The molecule has 0 aromatic heterocycles. The summed E-state index contributed by atoms with van der Waals surface area (Å²) in [7, 11) is 0. The highest BCUT2D eigenvalue weighted by atomic mass is 79.9. The number of nitrogens with one attached hydrogen (secondary N) is 1. The molecular formula is C16H22Br2N2. The van der Waals surface area contributed by atoms with Gasteiger partial charge in [-0.1, -0.05) is 6.07 Å². The molecule has 0 radical (unpaired) electrons. The maximum Gasteiger partial charge on any atom is 0.0320 e. The third-order valence-corrected chi connectivity index (χ3v) is 6.57. The zero-order valence-corrected chi connectivity index (χ0v) is 15.0. The van der Waals surface area contributed by atoms with Crippen molar-refractivity contribution < 1.29 is 0 Å².